The molecule has 192 valence electrons. The molecule has 0 aliphatic carbocycles. The van der Waals surface area contributed by atoms with Crippen molar-refractivity contribution in [2.24, 2.45) is 0 Å². The third-order valence-corrected chi connectivity index (χ3v) is 7.63. The second kappa shape index (κ2) is 10.3. The SMILES string of the molecule is COc1ccc(-c2nc(N3CCOCC3)c3sc(C(C)(C)Nc4ccc(C(=O)NO)cc4)cc3n2)cn1. The Morgan fingerprint density at radius 1 is 1.14 bits per heavy atom. The molecule has 11 heteroatoms. The van der Waals surface area contributed by atoms with Gasteiger partial charge in [-0.15, -0.1) is 11.3 Å². The van der Waals surface area contributed by atoms with Gasteiger partial charge in [0.1, 0.15) is 0 Å². The van der Waals surface area contributed by atoms with E-state index >= 15 is 0 Å². The lowest BCUT2D eigenvalue weighted by atomic mass is 10.0. The third-order valence-electron chi connectivity index (χ3n) is 6.19. The Kier molecular flexibility index (Phi) is 6.92. The summed E-state index contributed by atoms with van der Waals surface area (Å²) >= 11 is 1.66. The summed E-state index contributed by atoms with van der Waals surface area (Å²) < 4.78 is 11.8. The van der Waals surface area contributed by atoms with Crippen LogP contribution in [-0.2, 0) is 10.3 Å². The number of carbonyl (C=O) groups excluding carboxylic acids is 1. The molecule has 0 atom stereocenters. The van der Waals surface area contributed by atoms with E-state index in [9.17, 15) is 4.79 Å². The first kappa shape index (κ1) is 24.9. The minimum absolute atomic E-state index is 0.374. The Labute approximate surface area is 218 Å². The van der Waals surface area contributed by atoms with E-state index in [1.165, 1.54) is 0 Å². The Balaban J connectivity index is 1.52. The highest BCUT2D eigenvalue weighted by molar-refractivity contribution is 7.19. The number of hydrogen-bond acceptors (Lipinski definition) is 10. The van der Waals surface area contributed by atoms with Gasteiger partial charge in [0.15, 0.2) is 11.6 Å². The molecule has 1 amide bonds. The molecule has 37 heavy (non-hydrogen) atoms. The fraction of sp³-hybridized carbons (Fsp3) is 0.308. The van der Waals surface area contributed by atoms with Gasteiger partial charge in [0, 0.05) is 47.0 Å². The molecule has 1 fully saturated rings. The van der Waals surface area contributed by atoms with Crippen LogP contribution in [0.25, 0.3) is 21.6 Å². The lowest BCUT2D eigenvalue weighted by molar-refractivity contribution is 0.0706. The van der Waals surface area contributed by atoms with E-state index in [0.717, 1.165) is 45.3 Å². The van der Waals surface area contributed by atoms with E-state index in [4.69, 9.17) is 24.6 Å². The molecule has 1 aromatic carbocycles. The van der Waals surface area contributed by atoms with Gasteiger partial charge in [-0.05, 0) is 50.2 Å². The molecule has 1 aliphatic heterocycles. The monoisotopic (exact) mass is 520 g/mol. The van der Waals surface area contributed by atoms with E-state index in [1.807, 2.05) is 18.2 Å². The number of ether oxygens (including phenoxy) is 2. The van der Waals surface area contributed by atoms with Gasteiger partial charge in [0.25, 0.3) is 5.91 Å². The smallest absolute Gasteiger partial charge is 0.274 e. The molecule has 10 nitrogen and oxygen atoms in total. The van der Waals surface area contributed by atoms with Gasteiger partial charge in [-0.1, -0.05) is 0 Å². The summed E-state index contributed by atoms with van der Waals surface area (Å²) in [4.78, 5) is 29.2. The van der Waals surface area contributed by atoms with Crippen molar-refractivity contribution in [2.75, 3.05) is 43.6 Å². The number of benzene rings is 1. The number of morpholine rings is 1. The number of rotatable bonds is 7. The number of methoxy groups -OCH3 is 1. The number of hydrogen-bond donors (Lipinski definition) is 3. The zero-order valence-corrected chi connectivity index (χ0v) is 21.6. The zero-order valence-electron chi connectivity index (χ0n) is 20.8. The molecule has 4 aromatic rings. The number of nitrogens with zero attached hydrogens (tertiary/aromatic N) is 4. The Morgan fingerprint density at radius 2 is 1.89 bits per heavy atom. The average Bonchev–Trinajstić information content (AvgIpc) is 3.38. The standard InChI is InChI=1S/C26H28N6O4S/c1-26(2,30-18-7-4-16(5-8-18)25(33)31-34)20-14-19-22(37-20)24(32-10-12-36-13-11-32)29-23(28-19)17-6-9-21(35-3)27-15-17/h4-9,14-15,30,34H,10-13H2,1-3H3,(H,31,33). The van der Waals surface area contributed by atoms with Crippen LogP contribution in [0.5, 0.6) is 5.88 Å². The lowest BCUT2D eigenvalue weighted by Gasteiger charge is -2.28. The molecule has 3 N–H and O–H groups in total. The summed E-state index contributed by atoms with van der Waals surface area (Å²) in [6, 6.07) is 12.8. The van der Waals surface area contributed by atoms with E-state index in [-0.39, 0.29) is 0 Å². The maximum atomic E-state index is 11.6. The second-order valence-electron chi connectivity index (χ2n) is 9.15. The Morgan fingerprint density at radius 3 is 2.54 bits per heavy atom. The first-order valence-electron chi connectivity index (χ1n) is 11.9. The van der Waals surface area contributed by atoms with Gasteiger partial charge >= 0.3 is 0 Å². The van der Waals surface area contributed by atoms with Crippen LogP contribution in [0.3, 0.4) is 0 Å². The largest absolute Gasteiger partial charge is 0.481 e. The first-order chi connectivity index (χ1) is 17.9. The molecule has 1 saturated heterocycles. The minimum atomic E-state index is -0.549. The Hall–Kier alpha value is -3.80. The Bertz CT molecular complexity index is 1400. The molecule has 0 spiro atoms. The summed E-state index contributed by atoms with van der Waals surface area (Å²) in [5.41, 5.74) is 4.12. The van der Waals surface area contributed by atoms with E-state index in [0.29, 0.717) is 30.5 Å². The van der Waals surface area contributed by atoms with E-state index < -0.39 is 11.4 Å². The number of pyridine rings is 1. The summed E-state index contributed by atoms with van der Waals surface area (Å²) in [6.45, 7) is 7.02. The summed E-state index contributed by atoms with van der Waals surface area (Å²) in [7, 11) is 1.59. The predicted molar refractivity (Wildman–Crippen MR) is 143 cm³/mol. The molecule has 3 aromatic heterocycles. The van der Waals surface area contributed by atoms with Crippen molar-refractivity contribution in [3.63, 3.8) is 0 Å². The number of carbonyl (C=O) groups is 1. The minimum Gasteiger partial charge on any atom is -0.481 e. The van der Waals surface area contributed by atoms with Crippen LogP contribution in [0.4, 0.5) is 11.5 Å². The summed E-state index contributed by atoms with van der Waals surface area (Å²) in [5, 5.41) is 12.4. The van der Waals surface area contributed by atoms with Crippen LogP contribution in [-0.4, -0.2) is 59.5 Å². The normalized spacial score (nSPS) is 14.0. The van der Waals surface area contributed by atoms with Crippen molar-refractivity contribution in [3.05, 3.63) is 59.1 Å². The molecule has 0 unspecified atom stereocenters. The van der Waals surface area contributed by atoms with Gasteiger partial charge < -0.3 is 19.7 Å². The maximum absolute atomic E-state index is 11.6. The topological polar surface area (TPSA) is 122 Å². The van der Waals surface area contributed by atoms with Crippen LogP contribution >= 0.6 is 11.3 Å². The van der Waals surface area contributed by atoms with Gasteiger partial charge in [0.2, 0.25) is 5.88 Å². The highest BCUT2D eigenvalue weighted by Crippen LogP contribution is 2.39. The van der Waals surface area contributed by atoms with Crippen molar-refractivity contribution in [3.8, 4) is 17.3 Å². The lowest BCUT2D eigenvalue weighted by Crippen LogP contribution is -2.36. The number of nitrogens with one attached hydrogen (secondary N) is 2. The number of hydroxylamine groups is 1. The fourth-order valence-electron chi connectivity index (χ4n) is 4.17. The second-order valence-corrected chi connectivity index (χ2v) is 10.2. The highest BCUT2D eigenvalue weighted by Gasteiger charge is 2.27. The molecular weight excluding hydrogens is 492 g/mol. The fourth-order valence-corrected chi connectivity index (χ4v) is 5.34. The predicted octanol–water partition coefficient (Wildman–Crippen LogP) is 4.06. The summed E-state index contributed by atoms with van der Waals surface area (Å²) in [5.74, 6) is 1.49. The average molecular weight is 521 g/mol. The van der Waals surface area contributed by atoms with Gasteiger partial charge in [-0.3, -0.25) is 10.0 Å². The number of anilines is 2. The molecular formula is C26H28N6O4S. The van der Waals surface area contributed by atoms with Gasteiger partial charge in [-0.2, -0.15) is 0 Å². The van der Waals surface area contributed by atoms with Crippen LogP contribution in [0.2, 0.25) is 0 Å². The number of thiophene rings is 1. The molecule has 4 heterocycles. The van der Waals surface area contributed by atoms with Crippen LogP contribution < -0.4 is 20.4 Å². The quantitative estimate of drug-likeness (QED) is 0.245. The zero-order chi connectivity index (χ0) is 26.0. The first-order valence-corrected chi connectivity index (χ1v) is 12.7. The molecule has 0 bridgehead atoms. The third kappa shape index (κ3) is 5.19. The van der Waals surface area contributed by atoms with Crippen LogP contribution in [0, 0.1) is 0 Å². The molecule has 0 radical (unpaired) electrons. The van der Waals surface area contributed by atoms with E-state index in [2.05, 4.69) is 35.1 Å². The van der Waals surface area contributed by atoms with Crippen LogP contribution in [0.1, 0.15) is 29.1 Å². The van der Waals surface area contributed by atoms with Crippen molar-refractivity contribution in [1.82, 2.24) is 20.4 Å². The van der Waals surface area contributed by atoms with E-state index in [1.54, 1.807) is 48.3 Å². The molecule has 0 saturated carbocycles. The van der Waals surface area contributed by atoms with Gasteiger partial charge in [0.05, 0.1) is 36.1 Å². The number of fused-ring (bicyclic) bond motifs is 1. The van der Waals surface area contributed by atoms with Crippen molar-refractivity contribution < 1.29 is 19.5 Å². The highest BCUT2D eigenvalue weighted by atomic mass is 32.1. The molecule has 1 aliphatic rings. The van der Waals surface area contributed by atoms with Gasteiger partial charge in [-0.25, -0.2) is 20.4 Å². The van der Waals surface area contributed by atoms with Crippen molar-refractivity contribution in [1.29, 1.82) is 0 Å². The van der Waals surface area contributed by atoms with Crippen molar-refractivity contribution in [2.45, 2.75) is 19.4 Å². The maximum Gasteiger partial charge on any atom is 0.274 e. The van der Waals surface area contributed by atoms with Crippen LogP contribution in [0.15, 0.2) is 48.7 Å². The molecule has 5 rings (SSSR count). The number of aromatic nitrogens is 3. The summed E-state index contributed by atoms with van der Waals surface area (Å²) in [6.07, 6.45) is 1.72. The van der Waals surface area contributed by atoms with Crippen molar-refractivity contribution >= 4 is 39.0 Å². The number of amides is 1.